The molecule has 3 nitrogen and oxygen atoms in total. The van der Waals surface area contributed by atoms with Crippen molar-refractivity contribution in [2.75, 3.05) is 0 Å². The smallest absolute Gasteiger partial charge is 0.212 e. The van der Waals surface area contributed by atoms with Crippen molar-refractivity contribution in [1.29, 1.82) is 0 Å². The molecule has 1 unspecified atom stereocenters. The molecule has 0 aliphatic carbocycles. The Morgan fingerprint density at radius 2 is 1.35 bits per heavy atom. The van der Waals surface area contributed by atoms with Crippen molar-refractivity contribution in [3.63, 3.8) is 0 Å². The van der Waals surface area contributed by atoms with Crippen molar-refractivity contribution in [2.24, 2.45) is 0 Å². The van der Waals surface area contributed by atoms with E-state index < -0.39 is 0 Å². The molecule has 0 rings (SSSR count). The highest BCUT2D eigenvalue weighted by molar-refractivity contribution is 4.55. The molecular formula is C14H29NO2. The third-order valence-electron chi connectivity index (χ3n) is 3.41. The first-order valence-corrected chi connectivity index (χ1v) is 7.35. The highest BCUT2D eigenvalue weighted by Crippen LogP contribution is 2.13. The molecule has 0 amide bonds. The Kier molecular flexibility index (Phi) is 11.5. The minimum Gasteiger partial charge on any atom is -0.264 e. The van der Waals surface area contributed by atoms with E-state index in [1.54, 1.807) is 0 Å². The van der Waals surface area contributed by atoms with E-state index in [-0.39, 0.29) is 11.0 Å². The number of nitrogens with zero attached hydrogens (tertiary/aromatic N) is 1. The Hall–Kier alpha value is -0.600. The molecule has 3 heteroatoms. The molecule has 0 heterocycles. The van der Waals surface area contributed by atoms with Crippen LogP contribution in [-0.4, -0.2) is 11.0 Å². The predicted molar refractivity (Wildman–Crippen MR) is 72.9 cm³/mol. The average Bonchev–Trinajstić information content (AvgIpc) is 2.31. The van der Waals surface area contributed by atoms with Gasteiger partial charge in [0.1, 0.15) is 0 Å². The molecule has 0 aliphatic heterocycles. The summed E-state index contributed by atoms with van der Waals surface area (Å²) >= 11 is 0. The van der Waals surface area contributed by atoms with E-state index in [0.717, 1.165) is 19.3 Å². The van der Waals surface area contributed by atoms with Gasteiger partial charge in [-0.3, -0.25) is 10.1 Å². The minimum atomic E-state index is -0.306. The second-order valence-electron chi connectivity index (χ2n) is 4.96. The van der Waals surface area contributed by atoms with Crippen molar-refractivity contribution in [3.05, 3.63) is 10.1 Å². The van der Waals surface area contributed by atoms with E-state index in [1.807, 2.05) is 6.92 Å². The van der Waals surface area contributed by atoms with Crippen LogP contribution in [0.5, 0.6) is 0 Å². The third-order valence-corrected chi connectivity index (χ3v) is 3.41. The number of unbranched alkanes of at least 4 members (excludes halogenated alkanes) is 8. The molecule has 0 fully saturated rings. The molecule has 102 valence electrons. The number of hydrogen-bond donors (Lipinski definition) is 0. The van der Waals surface area contributed by atoms with Gasteiger partial charge in [0.15, 0.2) is 0 Å². The molecule has 0 spiro atoms. The molecule has 0 bridgehead atoms. The fourth-order valence-electron chi connectivity index (χ4n) is 2.15. The van der Waals surface area contributed by atoms with E-state index in [4.69, 9.17) is 0 Å². The van der Waals surface area contributed by atoms with Gasteiger partial charge < -0.3 is 0 Å². The van der Waals surface area contributed by atoms with E-state index in [0.29, 0.717) is 6.42 Å². The Balaban J connectivity index is 3.20. The van der Waals surface area contributed by atoms with Gasteiger partial charge in [-0.15, -0.1) is 0 Å². The Labute approximate surface area is 106 Å². The molecule has 0 radical (unpaired) electrons. The van der Waals surface area contributed by atoms with Gasteiger partial charge >= 0.3 is 0 Å². The van der Waals surface area contributed by atoms with Crippen molar-refractivity contribution >= 4 is 0 Å². The molecule has 0 N–H and O–H groups in total. The molecule has 1 atom stereocenters. The normalized spacial score (nSPS) is 12.6. The van der Waals surface area contributed by atoms with Crippen LogP contribution >= 0.6 is 0 Å². The van der Waals surface area contributed by atoms with Crippen molar-refractivity contribution in [2.45, 2.75) is 90.5 Å². The fourth-order valence-corrected chi connectivity index (χ4v) is 2.15. The summed E-state index contributed by atoms with van der Waals surface area (Å²) in [6.07, 6.45) is 12.9. The number of hydrogen-bond acceptors (Lipinski definition) is 2. The van der Waals surface area contributed by atoms with Gasteiger partial charge in [-0.05, 0) is 6.42 Å². The fraction of sp³-hybridized carbons (Fsp3) is 1.00. The second kappa shape index (κ2) is 11.9. The van der Waals surface area contributed by atoms with Crippen molar-refractivity contribution in [1.82, 2.24) is 0 Å². The lowest BCUT2D eigenvalue weighted by Crippen LogP contribution is -2.17. The number of rotatable bonds is 12. The first-order chi connectivity index (χ1) is 8.22. The largest absolute Gasteiger partial charge is 0.264 e. The van der Waals surface area contributed by atoms with E-state index >= 15 is 0 Å². The summed E-state index contributed by atoms with van der Waals surface area (Å²) in [7, 11) is 0. The average molecular weight is 243 g/mol. The summed E-state index contributed by atoms with van der Waals surface area (Å²) in [4.78, 5) is 10.5. The first kappa shape index (κ1) is 16.4. The lowest BCUT2D eigenvalue weighted by atomic mass is 10.0. The topological polar surface area (TPSA) is 43.1 Å². The van der Waals surface area contributed by atoms with Crippen LogP contribution in [-0.2, 0) is 0 Å². The SMILES string of the molecule is CCCCCCCCCCCC(CC)[N+](=O)[O-]. The van der Waals surface area contributed by atoms with E-state index in [2.05, 4.69) is 6.92 Å². The predicted octanol–water partition coefficient (Wildman–Crippen LogP) is 4.96. The molecule has 0 aromatic heterocycles. The third kappa shape index (κ3) is 10.3. The number of nitro groups is 1. The summed E-state index contributed by atoms with van der Waals surface area (Å²) in [5.41, 5.74) is 0. The maximum atomic E-state index is 10.6. The van der Waals surface area contributed by atoms with E-state index in [9.17, 15) is 10.1 Å². The molecule has 0 aromatic rings. The monoisotopic (exact) mass is 243 g/mol. The molecule has 0 aliphatic rings. The summed E-state index contributed by atoms with van der Waals surface area (Å²) in [5.74, 6) is 0. The van der Waals surface area contributed by atoms with Crippen LogP contribution in [0.1, 0.15) is 84.5 Å². The van der Waals surface area contributed by atoms with Crippen LogP contribution in [0.4, 0.5) is 0 Å². The van der Waals surface area contributed by atoms with Gasteiger partial charge in [0.2, 0.25) is 6.04 Å². The maximum Gasteiger partial charge on any atom is 0.212 e. The zero-order valence-electron chi connectivity index (χ0n) is 11.6. The van der Waals surface area contributed by atoms with Crippen LogP contribution in [0.15, 0.2) is 0 Å². The maximum absolute atomic E-state index is 10.6. The Morgan fingerprint density at radius 1 is 0.882 bits per heavy atom. The minimum absolute atomic E-state index is 0.120. The molecule has 0 saturated heterocycles. The van der Waals surface area contributed by atoms with Gasteiger partial charge in [0.25, 0.3) is 0 Å². The highest BCUT2D eigenvalue weighted by atomic mass is 16.6. The summed E-state index contributed by atoms with van der Waals surface area (Å²) in [5, 5.41) is 10.6. The summed E-state index contributed by atoms with van der Waals surface area (Å²) in [6, 6.07) is -0.306. The lowest BCUT2D eigenvalue weighted by molar-refractivity contribution is -0.523. The van der Waals surface area contributed by atoms with Crippen molar-refractivity contribution in [3.8, 4) is 0 Å². The lowest BCUT2D eigenvalue weighted by Gasteiger charge is -2.06. The van der Waals surface area contributed by atoms with E-state index in [1.165, 1.54) is 44.9 Å². The standard InChI is InChI=1S/C14H29NO2/c1-3-5-6-7-8-9-10-11-12-13-14(4-2)15(16)17/h14H,3-13H2,1-2H3. The van der Waals surface area contributed by atoms with Gasteiger partial charge in [0, 0.05) is 17.8 Å². The van der Waals surface area contributed by atoms with Crippen LogP contribution in [0, 0.1) is 10.1 Å². The summed E-state index contributed by atoms with van der Waals surface area (Å²) < 4.78 is 0. The van der Waals surface area contributed by atoms with Gasteiger partial charge in [-0.1, -0.05) is 65.2 Å². The second-order valence-corrected chi connectivity index (χ2v) is 4.96. The zero-order chi connectivity index (χ0) is 12.9. The van der Waals surface area contributed by atoms with Crippen LogP contribution in [0.25, 0.3) is 0 Å². The molecule has 17 heavy (non-hydrogen) atoms. The first-order valence-electron chi connectivity index (χ1n) is 7.35. The van der Waals surface area contributed by atoms with Crippen LogP contribution < -0.4 is 0 Å². The van der Waals surface area contributed by atoms with Crippen LogP contribution in [0.2, 0.25) is 0 Å². The molecule has 0 saturated carbocycles. The van der Waals surface area contributed by atoms with Crippen molar-refractivity contribution < 1.29 is 4.92 Å². The molecular weight excluding hydrogens is 214 g/mol. The zero-order valence-corrected chi connectivity index (χ0v) is 11.6. The Morgan fingerprint density at radius 3 is 1.76 bits per heavy atom. The van der Waals surface area contributed by atoms with Gasteiger partial charge in [-0.25, -0.2) is 0 Å². The van der Waals surface area contributed by atoms with Gasteiger partial charge in [-0.2, -0.15) is 0 Å². The summed E-state index contributed by atoms with van der Waals surface area (Å²) in [6.45, 7) is 4.14. The van der Waals surface area contributed by atoms with Gasteiger partial charge in [0.05, 0.1) is 0 Å². The highest BCUT2D eigenvalue weighted by Gasteiger charge is 2.15. The quantitative estimate of drug-likeness (QED) is 0.276. The van der Waals surface area contributed by atoms with Crippen LogP contribution in [0.3, 0.4) is 0 Å². The Bertz CT molecular complexity index is 183. The molecule has 0 aromatic carbocycles.